The molecule has 0 saturated carbocycles. The van der Waals surface area contributed by atoms with E-state index in [0.29, 0.717) is 18.2 Å². The first kappa shape index (κ1) is 27.3. The molecule has 1 N–H and O–H groups in total. The molecule has 0 radical (unpaired) electrons. The molecule has 36 heavy (non-hydrogen) atoms. The average Bonchev–Trinajstić information content (AvgIpc) is 3.42. The zero-order valence-corrected chi connectivity index (χ0v) is 21.0. The Morgan fingerprint density at radius 3 is 2.78 bits per heavy atom. The first-order valence-electron chi connectivity index (χ1n) is 12.0. The van der Waals surface area contributed by atoms with Crippen LogP contribution in [0.5, 0.6) is 5.75 Å². The molecule has 1 aliphatic rings. The lowest BCUT2D eigenvalue weighted by molar-refractivity contribution is -0.631. The molecule has 1 aliphatic heterocycles. The predicted molar refractivity (Wildman–Crippen MR) is 137 cm³/mol. The number of hydrogen-bond donors (Lipinski definition) is 1. The summed E-state index contributed by atoms with van der Waals surface area (Å²) in [6.45, 7) is 3.87. The second-order valence-corrected chi connectivity index (χ2v) is 9.37. The molecule has 1 aromatic carbocycles. The maximum atomic E-state index is 12.1. The molecule has 3 rings (SSSR count). The fraction of sp³-hybridized carbons (Fsp3) is 0.440. The van der Waals surface area contributed by atoms with Gasteiger partial charge in [0, 0.05) is 18.8 Å². The first-order valence-corrected chi connectivity index (χ1v) is 13.1. The number of ether oxygens (including phenoxy) is 1. The summed E-state index contributed by atoms with van der Waals surface area (Å²) in [5, 5.41) is 13.6. The van der Waals surface area contributed by atoms with E-state index in [2.05, 4.69) is 22.3 Å². The summed E-state index contributed by atoms with van der Waals surface area (Å²) in [5.74, 6) is 0.0760. The molecule has 10 nitrogen and oxygen atoms in total. The molecule has 11 heteroatoms. The van der Waals surface area contributed by atoms with Crippen molar-refractivity contribution >= 4 is 23.6 Å². The second kappa shape index (κ2) is 14.9. The average molecular weight is 517 g/mol. The number of likely N-dealkylation sites (tertiary alicyclic amines) is 1. The minimum absolute atomic E-state index is 0.102. The van der Waals surface area contributed by atoms with Crippen molar-refractivity contribution in [3.05, 3.63) is 76.3 Å². The Morgan fingerprint density at radius 2 is 2.03 bits per heavy atom. The van der Waals surface area contributed by atoms with Crippen molar-refractivity contribution in [2.45, 2.75) is 25.8 Å². The number of nitrogens with one attached hydrogen (secondary N) is 1. The molecule has 2 heterocycles. The van der Waals surface area contributed by atoms with Gasteiger partial charge in [0.1, 0.15) is 12.4 Å². The molecule has 194 valence electrons. The van der Waals surface area contributed by atoms with Crippen molar-refractivity contribution in [3.8, 4) is 5.75 Å². The molecular weight excluding hydrogens is 484 g/mol. The number of benzene rings is 1. The van der Waals surface area contributed by atoms with Crippen LogP contribution in [0.1, 0.15) is 35.4 Å². The van der Waals surface area contributed by atoms with Crippen LogP contribution in [0.2, 0.25) is 0 Å². The highest BCUT2D eigenvalue weighted by molar-refractivity contribution is 7.99. The Labute approximate surface area is 214 Å². The van der Waals surface area contributed by atoms with E-state index in [1.807, 2.05) is 24.3 Å². The Hall–Kier alpha value is -3.31. The van der Waals surface area contributed by atoms with Gasteiger partial charge in [0.15, 0.2) is 10.8 Å². The van der Waals surface area contributed by atoms with E-state index in [9.17, 15) is 19.7 Å². The first-order chi connectivity index (χ1) is 17.5. The Bertz CT molecular complexity index is 1010. The van der Waals surface area contributed by atoms with Gasteiger partial charge >= 0.3 is 5.91 Å². The number of hydrazine groups is 1. The SMILES string of the molecule is O=C(CSCCN(C(=O)c1ccco1)[N+](=O)[O-])NCC=CCOc1cccc(CN2CCCCC2)c1. The number of nitrogens with zero attached hydrogens (tertiary/aromatic N) is 3. The lowest BCUT2D eigenvalue weighted by atomic mass is 10.1. The summed E-state index contributed by atoms with van der Waals surface area (Å²) in [6.07, 6.45) is 8.80. The van der Waals surface area contributed by atoms with Crippen LogP contribution in [0, 0.1) is 10.1 Å². The van der Waals surface area contributed by atoms with Gasteiger partial charge in [-0.15, -0.1) is 11.8 Å². The fourth-order valence-corrected chi connectivity index (χ4v) is 4.46. The maximum absolute atomic E-state index is 12.1. The Morgan fingerprint density at radius 1 is 1.19 bits per heavy atom. The molecule has 1 saturated heterocycles. The van der Waals surface area contributed by atoms with Gasteiger partial charge in [0.05, 0.1) is 18.6 Å². The number of amides is 2. The zero-order chi connectivity index (χ0) is 25.6. The van der Waals surface area contributed by atoms with Gasteiger partial charge in [-0.25, -0.2) is 10.1 Å². The molecule has 0 aliphatic carbocycles. The van der Waals surface area contributed by atoms with Gasteiger partial charge < -0.3 is 14.5 Å². The van der Waals surface area contributed by atoms with Crippen LogP contribution in [-0.4, -0.2) is 71.0 Å². The molecule has 1 fully saturated rings. The van der Waals surface area contributed by atoms with E-state index >= 15 is 0 Å². The van der Waals surface area contributed by atoms with Crippen molar-refractivity contribution in [2.24, 2.45) is 0 Å². The minimum atomic E-state index is -0.823. The number of carbonyl (C=O) groups is 2. The molecular formula is C25H32N4O6S. The Balaban J connectivity index is 1.27. The van der Waals surface area contributed by atoms with E-state index in [-0.39, 0.29) is 29.7 Å². The molecule has 0 spiro atoms. The summed E-state index contributed by atoms with van der Waals surface area (Å²) in [4.78, 5) is 37.7. The van der Waals surface area contributed by atoms with E-state index < -0.39 is 10.9 Å². The summed E-state index contributed by atoms with van der Waals surface area (Å²) in [5.41, 5.74) is 1.25. The maximum Gasteiger partial charge on any atom is 0.348 e. The topological polar surface area (TPSA) is 118 Å². The van der Waals surface area contributed by atoms with E-state index in [1.165, 1.54) is 55.0 Å². The minimum Gasteiger partial charge on any atom is -0.490 e. The smallest absolute Gasteiger partial charge is 0.348 e. The van der Waals surface area contributed by atoms with E-state index in [0.717, 1.165) is 25.4 Å². The number of rotatable bonds is 14. The molecule has 2 amide bonds. The predicted octanol–water partition coefficient (Wildman–Crippen LogP) is 3.38. The second-order valence-electron chi connectivity index (χ2n) is 8.27. The molecule has 0 unspecified atom stereocenters. The van der Waals surface area contributed by atoms with Crippen LogP contribution < -0.4 is 10.1 Å². The number of nitro groups is 1. The van der Waals surface area contributed by atoms with Crippen LogP contribution in [-0.2, 0) is 11.3 Å². The van der Waals surface area contributed by atoms with Crippen molar-refractivity contribution in [3.63, 3.8) is 0 Å². The van der Waals surface area contributed by atoms with Crippen molar-refractivity contribution in [1.82, 2.24) is 15.2 Å². The summed E-state index contributed by atoms with van der Waals surface area (Å²) >= 11 is 1.21. The van der Waals surface area contributed by atoms with Gasteiger partial charge in [-0.05, 0) is 61.8 Å². The third-order valence-corrected chi connectivity index (χ3v) is 6.46. The highest BCUT2D eigenvalue weighted by atomic mass is 32.2. The van der Waals surface area contributed by atoms with E-state index in [1.54, 1.807) is 0 Å². The lowest BCUT2D eigenvalue weighted by Crippen LogP contribution is -2.38. The van der Waals surface area contributed by atoms with Crippen molar-refractivity contribution in [1.29, 1.82) is 0 Å². The molecule has 0 atom stereocenters. The lowest BCUT2D eigenvalue weighted by Gasteiger charge is -2.26. The largest absolute Gasteiger partial charge is 0.490 e. The number of piperidine rings is 1. The van der Waals surface area contributed by atoms with Crippen LogP contribution >= 0.6 is 11.8 Å². The quantitative estimate of drug-likeness (QED) is 0.176. The number of furan rings is 1. The van der Waals surface area contributed by atoms with Crippen LogP contribution in [0.15, 0.2) is 59.2 Å². The number of thioether (sulfide) groups is 1. The van der Waals surface area contributed by atoms with Crippen LogP contribution in [0.3, 0.4) is 0 Å². The summed E-state index contributed by atoms with van der Waals surface area (Å²) in [7, 11) is 0. The summed E-state index contributed by atoms with van der Waals surface area (Å²) < 4.78 is 10.7. The molecule has 0 bridgehead atoms. The highest BCUT2D eigenvalue weighted by Crippen LogP contribution is 2.17. The van der Waals surface area contributed by atoms with Gasteiger partial charge in [0.2, 0.25) is 5.91 Å². The van der Waals surface area contributed by atoms with Gasteiger partial charge in [-0.3, -0.25) is 14.5 Å². The monoisotopic (exact) mass is 516 g/mol. The van der Waals surface area contributed by atoms with Gasteiger partial charge in [-0.2, -0.15) is 0 Å². The van der Waals surface area contributed by atoms with Crippen LogP contribution in [0.25, 0.3) is 0 Å². The van der Waals surface area contributed by atoms with E-state index in [4.69, 9.17) is 9.15 Å². The number of carbonyl (C=O) groups excluding carboxylic acids is 2. The fourth-order valence-electron chi connectivity index (χ4n) is 3.73. The third kappa shape index (κ3) is 9.38. The van der Waals surface area contributed by atoms with Gasteiger partial charge in [0.25, 0.3) is 0 Å². The van der Waals surface area contributed by atoms with Crippen molar-refractivity contribution < 1.29 is 23.8 Å². The van der Waals surface area contributed by atoms with Crippen LogP contribution in [0.4, 0.5) is 0 Å². The summed E-state index contributed by atoms with van der Waals surface area (Å²) in [6, 6.07) is 11.0. The van der Waals surface area contributed by atoms with Gasteiger partial charge in [-0.1, -0.05) is 29.6 Å². The number of hydrogen-bond acceptors (Lipinski definition) is 8. The van der Waals surface area contributed by atoms with Crippen molar-refractivity contribution in [2.75, 3.05) is 44.3 Å². The zero-order valence-electron chi connectivity index (χ0n) is 20.2. The highest BCUT2D eigenvalue weighted by Gasteiger charge is 2.27. The molecule has 2 aromatic rings. The third-order valence-electron chi connectivity index (χ3n) is 5.53. The normalized spacial score (nSPS) is 14.0. The molecule has 1 aromatic heterocycles. The Kier molecular flexibility index (Phi) is 11.3. The standard InChI is InChI=1S/C25H32N4O6S/c30-24(20-36-17-14-28(29(32)33)25(31)23-10-7-16-35-23)26-11-2-5-15-34-22-9-6-8-21(18-22)19-27-12-3-1-4-13-27/h2,5-10,16,18H,1,3-4,11-15,17,19-20H2,(H,26,30).